The van der Waals surface area contributed by atoms with Crippen molar-refractivity contribution in [3.8, 4) is 0 Å². The van der Waals surface area contributed by atoms with Crippen LogP contribution in [-0.2, 0) is 0 Å². The van der Waals surface area contributed by atoms with E-state index in [2.05, 4.69) is 15.3 Å². The van der Waals surface area contributed by atoms with E-state index in [1.165, 1.54) is 0 Å². The Hall–Kier alpha value is -2.20. The van der Waals surface area contributed by atoms with Crippen LogP contribution in [0.25, 0.3) is 10.4 Å². The van der Waals surface area contributed by atoms with Gasteiger partial charge in [-0.3, -0.25) is 0 Å². The SMILES string of the molecule is Cc1ccccc1NC(=O)N1CCCC1CN=[N+]=[N-]. The van der Waals surface area contributed by atoms with Crippen molar-refractivity contribution in [3.63, 3.8) is 0 Å². The topological polar surface area (TPSA) is 81.1 Å². The number of hydrogen-bond acceptors (Lipinski definition) is 2. The second-order valence-corrected chi connectivity index (χ2v) is 4.65. The molecule has 1 saturated heterocycles. The van der Waals surface area contributed by atoms with E-state index in [1.807, 2.05) is 31.2 Å². The minimum Gasteiger partial charge on any atom is -0.321 e. The highest BCUT2D eigenvalue weighted by Crippen LogP contribution is 2.20. The Kier molecular flexibility index (Phi) is 4.26. The molecule has 1 aromatic rings. The van der Waals surface area contributed by atoms with Crippen molar-refractivity contribution in [3.05, 3.63) is 40.3 Å². The van der Waals surface area contributed by atoms with Crippen LogP contribution in [0.4, 0.5) is 10.5 Å². The maximum Gasteiger partial charge on any atom is 0.322 e. The van der Waals surface area contributed by atoms with Crippen LogP contribution in [0.3, 0.4) is 0 Å². The monoisotopic (exact) mass is 259 g/mol. The Morgan fingerprint density at radius 1 is 1.58 bits per heavy atom. The summed E-state index contributed by atoms with van der Waals surface area (Å²) in [6.45, 7) is 3.01. The lowest BCUT2D eigenvalue weighted by Gasteiger charge is -2.24. The van der Waals surface area contributed by atoms with Gasteiger partial charge in [0.1, 0.15) is 0 Å². The lowest BCUT2D eigenvalue weighted by Crippen LogP contribution is -2.40. The molecule has 0 bridgehead atoms. The predicted molar refractivity (Wildman–Crippen MR) is 73.9 cm³/mol. The molecule has 100 valence electrons. The first-order valence-electron chi connectivity index (χ1n) is 6.36. The number of para-hydroxylation sites is 1. The van der Waals surface area contributed by atoms with Crippen molar-refractivity contribution in [2.24, 2.45) is 5.11 Å². The lowest BCUT2D eigenvalue weighted by molar-refractivity contribution is 0.208. The molecule has 0 radical (unpaired) electrons. The molecule has 6 heteroatoms. The Balaban J connectivity index is 2.03. The van der Waals surface area contributed by atoms with Crippen LogP contribution in [0.1, 0.15) is 18.4 Å². The fourth-order valence-electron chi connectivity index (χ4n) is 2.32. The summed E-state index contributed by atoms with van der Waals surface area (Å²) in [6.07, 6.45) is 1.84. The van der Waals surface area contributed by atoms with Gasteiger partial charge in [0.25, 0.3) is 0 Å². The van der Waals surface area contributed by atoms with Crippen molar-refractivity contribution in [1.82, 2.24) is 4.90 Å². The maximum atomic E-state index is 12.2. The van der Waals surface area contributed by atoms with Gasteiger partial charge >= 0.3 is 6.03 Å². The number of azide groups is 1. The van der Waals surface area contributed by atoms with Gasteiger partial charge in [0.05, 0.1) is 0 Å². The molecule has 2 amide bonds. The number of likely N-dealkylation sites (tertiary alicyclic amines) is 1. The van der Waals surface area contributed by atoms with Crippen molar-refractivity contribution in [1.29, 1.82) is 0 Å². The van der Waals surface area contributed by atoms with Gasteiger partial charge in [-0.1, -0.05) is 23.3 Å². The van der Waals surface area contributed by atoms with Gasteiger partial charge in [-0.05, 0) is 36.9 Å². The fourth-order valence-corrected chi connectivity index (χ4v) is 2.32. The van der Waals surface area contributed by atoms with Gasteiger partial charge in [0.15, 0.2) is 0 Å². The molecule has 2 rings (SSSR count). The molecule has 1 heterocycles. The lowest BCUT2D eigenvalue weighted by atomic mass is 10.2. The largest absolute Gasteiger partial charge is 0.322 e. The maximum absolute atomic E-state index is 12.2. The van der Waals surface area contributed by atoms with Gasteiger partial charge in [-0.2, -0.15) is 0 Å². The molecule has 19 heavy (non-hydrogen) atoms. The number of hydrogen-bond donors (Lipinski definition) is 1. The predicted octanol–water partition coefficient (Wildman–Crippen LogP) is 3.30. The van der Waals surface area contributed by atoms with Gasteiger partial charge in [-0.25, -0.2) is 4.79 Å². The first-order chi connectivity index (χ1) is 9.22. The van der Waals surface area contributed by atoms with Gasteiger partial charge in [0, 0.05) is 29.7 Å². The number of anilines is 1. The zero-order valence-corrected chi connectivity index (χ0v) is 10.9. The highest BCUT2D eigenvalue weighted by atomic mass is 16.2. The molecular formula is C13H17N5O. The third kappa shape index (κ3) is 3.17. The molecule has 0 saturated carbocycles. The summed E-state index contributed by atoms with van der Waals surface area (Å²) in [5, 5.41) is 6.48. The molecule has 1 aliphatic rings. The van der Waals surface area contributed by atoms with Crippen LogP contribution in [0.15, 0.2) is 29.4 Å². The number of rotatable bonds is 3. The third-order valence-corrected chi connectivity index (χ3v) is 3.38. The molecule has 0 aromatic heterocycles. The summed E-state index contributed by atoms with van der Waals surface area (Å²) in [5.74, 6) is 0. The van der Waals surface area contributed by atoms with Crippen LogP contribution in [-0.4, -0.2) is 30.1 Å². The molecule has 0 aliphatic carbocycles. The van der Waals surface area contributed by atoms with E-state index in [-0.39, 0.29) is 12.1 Å². The highest BCUT2D eigenvalue weighted by molar-refractivity contribution is 5.90. The minimum absolute atomic E-state index is 0.0138. The number of aryl methyl sites for hydroxylation is 1. The van der Waals surface area contributed by atoms with Crippen LogP contribution >= 0.6 is 0 Å². The van der Waals surface area contributed by atoms with E-state index in [4.69, 9.17) is 5.53 Å². The van der Waals surface area contributed by atoms with E-state index in [0.717, 1.165) is 24.1 Å². The zero-order chi connectivity index (χ0) is 13.7. The van der Waals surface area contributed by atoms with Crippen LogP contribution in [0.2, 0.25) is 0 Å². The summed E-state index contributed by atoms with van der Waals surface area (Å²) in [5.41, 5.74) is 10.2. The van der Waals surface area contributed by atoms with Crippen molar-refractivity contribution in [2.45, 2.75) is 25.8 Å². The van der Waals surface area contributed by atoms with Gasteiger partial charge < -0.3 is 10.2 Å². The van der Waals surface area contributed by atoms with E-state index in [9.17, 15) is 4.79 Å². The number of carbonyl (C=O) groups is 1. The van der Waals surface area contributed by atoms with Crippen molar-refractivity contribution < 1.29 is 4.79 Å². The molecule has 1 atom stereocenters. The fraction of sp³-hybridized carbons (Fsp3) is 0.462. The Labute approximate surface area is 112 Å². The zero-order valence-electron chi connectivity index (χ0n) is 10.9. The third-order valence-electron chi connectivity index (χ3n) is 3.38. The van der Waals surface area contributed by atoms with E-state index in [1.54, 1.807) is 4.90 Å². The summed E-state index contributed by atoms with van der Waals surface area (Å²) in [7, 11) is 0. The summed E-state index contributed by atoms with van der Waals surface area (Å²) >= 11 is 0. The molecular weight excluding hydrogens is 242 g/mol. The smallest absolute Gasteiger partial charge is 0.321 e. The number of carbonyl (C=O) groups excluding carboxylic acids is 1. The number of nitrogens with one attached hydrogen (secondary N) is 1. The van der Waals surface area contributed by atoms with Gasteiger partial charge in [-0.15, -0.1) is 0 Å². The number of benzene rings is 1. The summed E-state index contributed by atoms with van der Waals surface area (Å²) in [4.78, 5) is 16.7. The molecule has 1 aliphatic heterocycles. The average Bonchev–Trinajstić information content (AvgIpc) is 2.87. The van der Waals surface area contributed by atoms with E-state index >= 15 is 0 Å². The first kappa shape index (κ1) is 13.2. The molecule has 1 fully saturated rings. The summed E-state index contributed by atoms with van der Waals surface area (Å²) < 4.78 is 0. The molecule has 0 spiro atoms. The van der Waals surface area contributed by atoms with E-state index in [0.29, 0.717) is 13.1 Å². The molecule has 1 N–H and O–H groups in total. The van der Waals surface area contributed by atoms with Crippen LogP contribution in [0.5, 0.6) is 0 Å². The Morgan fingerprint density at radius 2 is 2.37 bits per heavy atom. The van der Waals surface area contributed by atoms with Crippen LogP contribution < -0.4 is 5.32 Å². The average molecular weight is 259 g/mol. The summed E-state index contributed by atoms with van der Waals surface area (Å²) in [6, 6.07) is 7.56. The van der Waals surface area contributed by atoms with Gasteiger partial charge in [0.2, 0.25) is 0 Å². The normalized spacial score (nSPS) is 17.9. The number of nitrogens with zero attached hydrogens (tertiary/aromatic N) is 4. The standard InChI is InChI=1S/C13H17N5O/c1-10-5-2-3-7-12(10)16-13(19)18-8-4-6-11(18)9-15-17-14/h2-3,5,7,11H,4,6,8-9H2,1H3,(H,16,19). The van der Waals surface area contributed by atoms with Crippen molar-refractivity contribution >= 4 is 11.7 Å². The Bertz CT molecular complexity index is 510. The molecule has 1 aromatic carbocycles. The minimum atomic E-state index is -0.120. The van der Waals surface area contributed by atoms with Crippen LogP contribution in [0, 0.1) is 6.92 Å². The van der Waals surface area contributed by atoms with Crippen molar-refractivity contribution in [2.75, 3.05) is 18.4 Å². The molecule has 1 unspecified atom stereocenters. The number of amides is 2. The first-order valence-corrected chi connectivity index (χ1v) is 6.36. The Morgan fingerprint density at radius 3 is 3.11 bits per heavy atom. The highest BCUT2D eigenvalue weighted by Gasteiger charge is 2.28. The number of urea groups is 1. The second kappa shape index (κ2) is 6.11. The quantitative estimate of drug-likeness (QED) is 0.504. The van der Waals surface area contributed by atoms with E-state index < -0.39 is 0 Å². The molecule has 6 nitrogen and oxygen atoms in total. The second-order valence-electron chi connectivity index (χ2n) is 4.65.